The average Bonchev–Trinajstić information content (AvgIpc) is 2.29. The molecule has 0 bridgehead atoms. The third-order valence-corrected chi connectivity index (χ3v) is 2.96. The fourth-order valence-electron chi connectivity index (χ4n) is 1.87. The molecule has 16 heavy (non-hydrogen) atoms. The SMILES string of the molecule is CCc1cc(N)cc(CN(CC)CC)c1O. The van der Waals surface area contributed by atoms with Crippen LogP contribution >= 0.6 is 0 Å². The summed E-state index contributed by atoms with van der Waals surface area (Å²) in [6.45, 7) is 8.98. The van der Waals surface area contributed by atoms with Gasteiger partial charge in [-0.1, -0.05) is 20.8 Å². The van der Waals surface area contributed by atoms with Crippen LogP contribution in [0, 0.1) is 0 Å². The number of hydrogen-bond acceptors (Lipinski definition) is 3. The summed E-state index contributed by atoms with van der Waals surface area (Å²) in [5, 5.41) is 10.1. The van der Waals surface area contributed by atoms with Crippen LogP contribution in [0.4, 0.5) is 5.69 Å². The molecule has 0 aliphatic rings. The lowest BCUT2D eigenvalue weighted by molar-refractivity contribution is 0.290. The second-order valence-corrected chi connectivity index (χ2v) is 4.00. The summed E-state index contributed by atoms with van der Waals surface area (Å²) >= 11 is 0. The van der Waals surface area contributed by atoms with Gasteiger partial charge in [0, 0.05) is 17.8 Å². The monoisotopic (exact) mass is 222 g/mol. The van der Waals surface area contributed by atoms with Crippen LogP contribution in [0.1, 0.15) is 31.9 Å². The molecule has 1 aromatic carbocycles. The number of aromatic hydroxyl groups is 1. The van der Waals surface area contributed by atoms with Gasteiger partial charge in [0.15, 0.2) is 0 Å². The second kappa shape index (κ2) is 5.75. The highest BCUT2D eigenvalue weighted by molar-refractivity contribution is 5.52. The van der Waals surface area contributed by atoms with E-state index in [4.69, 9.17) is 5.73 Å². The van der Waals surface area contributed by atoms with E-state index in [1.165, 1.54) is 0 Å². The highest BCUT2D eigenvalue weighted by atomic mass is 16.3. The summed E-state index contributed by atoms with van der Waals surface area (Å²) in [6, 6.07) is 3.72. The predicted octanol–water partition coefficient (Wildman–Crippen LogP) is 2.38. The van der Waals surface area contributed by atoms with E-state index in [9.17, 15) is 5.11 Å². The number of benzene rings is 1. The van der Waals surface area contributed by atoms with Crippen molar-refractivity contribution < 1.29 is 5.11 Å². The molecule has 0 amide bonds. The molecule has 0 saturated carbocycles. The number of phenolic OH excluding ortho intramolecular Hbond substituents is 1. The first-order valence-corrected chi connectivity index (χ1v) is 5.94. The van der Waals surface area contributed by atoms with Crippen molar-refractivity contribution in [2.24, 2.45) is 0 Å². The molecule has 90 valence electrons. The third kappa shape index (κ3) is 2.89. The largest absolute Gasteiger partial charge is 0.507 e. The van der Waals surface area contributed by atoms with Gasteiger partial charge in [0.1, 0.15) is 5.75 Å². The van der Waals surface area contributed by atoms with E-state index in [0.29, 0.717) is 5.75 Å². The maximum atomic E-state index is 10.1. The Morgan fingerprint density at radius 1 is 1.12 bits per heavy atom. The van der Waals surface area contributed by atoms with Crippen LogP contribution in [0.3, 0.4) is 0 Å². The quantitative estimate of drug-likeness (QED) is 0.594. The summed E-state index contributed by atoms with van der Waals surface area (Å²) in [7, 11) is 0. The molecule has 1 rings (SSSR count). The molecule has 0 aliphatic carbocycles. The van der Waals surface area contributed by atoms with Gasteiger partial charge in [-0.05, 0) is 37.2 Å². The zero-order chi connectivity index (χ0) is 12.1. The number of rotatable bonds is 5. The van der Waals surface area contributed by atoms with Crippen LogP contribution in [0.25, 0.3) is 0 Å². The maximum absolute atomic E-state index is 10.1. The van der Waals surface area contributed by atoms with Crippen LogP contribution < -0.4 is 5.73 Å². The minimum atomic E-state index is 0.406. The van der Waals surface area contributed by atoms with Crippen molar-refractivity contribution in [1.29, 1.82) is 0 Å². The van der Waals surface area contributed by atoms with Gasteiger partial charge in [-0.25, -0.2) is 0 Å². The molecule has 0 fully saturated rings. The Labute approximate surface area is 97.9 Å². The van der Waals surface area contributed by atoms with Gasteiger partial charge in [-0.15, -0.1) is 0 Å². The molecule has 3 nitrogen and oxygen atoms in total. The minimum Gasteiger partial charge on any atom is -0.507 e. The molecule has 0 heterocycles. The van der Waals surface area contributed by atoms with Gasteiger partial charge in [-0.2, -0.15) is 0 Å². The first-order chi connectivity index (χ1) is 7.62. The molecular weight excluding hydrogens is 200 g/mol. The van der Waals surface area contributed by atoms with Gasteiger partial charge < -0.3 is 10.8 Å². The van der Waals surface area contributed by atoms with Crippen LogP contribution in [0.2, 0.25) is 0 Å². The third-order valence-electron chi connectivity index (χ3n) is 2.96. The molecular formula is C13H22N2O. The molecule has 0 unspecified atom stereocenters. The minimum absolute atomic E-state index is 0.406. The number of aryl methyl sites for hydroxylation is 1. The van der Waals surface area contributed by atoms with E-state index in [1.807, 2.05) is 19.1 Å². The molecule has 1 aromatic rings. The highest BCUT2D eigenvalue weighted by Crippen LogP contribution is 2.27. The van der Waals surface area contributed by atoms with Crippen LogP contribution in [0.5, 0.6) is 5.75 Å². The Morgan fingerprint density at radius 2 is 1.69 bits per heavy atom. The van der Waals surface area contributed by atoms with Crippen molar-refractivity contribution in [3.63, 3.8) is 0 Å². The number of hydrogen-bond donors (Lipinski definition) is 2. The molecule has 0 saturated heterocycles. The van der Waals surface area contributed by atoms with Gasteiger partial charge in [0.2, 0.25) is 0 Å². The molecule has 0 aromatic heterocycles. The number of anilines is 1. The van der Waals surface area contributed by atoms with Crippen LogP contribution in [-0.2, 0) is 13.0 Å². The van der Waals surface area contributed by atoms with Gasteiger partial charge >= 0.3 is 0 Å². The average molecular weight is 222 g/mol. The second-order valence-electron chi connectivity index (χ2n) is 4.00. The van der Waals surface area contributed by atoms with Crippen molar-refractivity contribution in [2.45, 2.75) is 33.7 Å². The summed E-state index contributed by atoms with van der Waals surface area (Å²) < 4.78 is 0. The zero-order valence-corrected chi connectivity index (χ0v) is 10.5. The number of nitrogens with two attached hydrogens (primary N) is 1. The van der Waals surface area contributed by atoms with E-state index >= 15 is 0 Å². The van der Waals surface area contributed by atoms with Crippen molar-refractivity contribution in [3.05, 3.63) is 23.3 Å². The summed E-state index contributed by atoms with van der Waals surface area (Å²) in [6.07, 6.45) is 0.808. The fourth-order valence-corrected chi connectivity index (χ4v) is 1.87. The lowest BCUT2D eigenvalue weighted by Crippen LogP contribution is -2.22. The van der Waals surface area contributed by atoms with Crippen molar-refractivity contribution in [1.82, 2.24) is 4.90 Å². The maximum Gasteiger partial charge on any atom is 0.123 e. The number of nitrogen functional groups attached to an aromatic ring is 1. The lowest BCUT2D eigenvalue weighted by atomic mass is 10.0. The zero-order valence-electron chi connectivity index (χ0n) is 10.5. The van der Waals surface area contributed by atoms with Gasteiger partial charge in [0.25, 0.3) is 0 Å². The van der Waals surface area contributed by atoms with Gasteiger partial charge in [-0.3, -0.25) is 4.90 Å². The van der Waals surface area contributed by atoms with Crippen molar-refractivity contribution in [3.8, 4) is 5.75 Å². The van der Waals surface area contributed by atoms with E-state index in [0.717, 1.165) is 42.9 Å². The van der Waals surface area contributed by atoms with Crippen LogP contribution in [0.15, 0.2) is 12.1 Å². The Kier molecular flexibility index (Phi) is 4.62. The Morgan fingerprint density at radius 3 is 2.19 bits per heavy atom. The predicted molar refractivity (Wildman–Crippen MR) is 68.5 cm³/mol. The topological polar surface area (TPSA) is 49.5 Å². The normalized spacial score (nSPS) is 11.0. The first kappa shape index (κ1) is 12.8. The molecule has 0 atom stereocenters. The molecule has 0 aliphatic heterocycles. The van der Waals surface area contributed by atoms with Gasteiger partial charge in [0.05, 0.1) is 0 Å². The number of nitrogens with zero attached hydrogens (tertiary/aromatic N) is 1. The molecule has 3 N–H and O–H groups in total. The van der Waals surface area contributed by atoms with E-state index in [1.54, 1.807) is 0 Å². The van der Waals surface area contributed by atoms with Crippen molar-refractivity contribution >= 4 is 5.69 Å². The smallest absolute Gasteiger partial charge is 0.123 e. The molecule has 3 heteroatoms. The number of phenols is 1. The van der Waals surface area contributed by atoms with Crippen molar-refractivity contribution in [2.75, 3.05) is 18.8 Å². The van der Waals surface area contributed by atoms with E-state index in [2.05, 4.69) is 18.7 Å². The molecule has 0 spiro atoms. The highest BCUT2D eigenvalue weighted by Gasteiger charge is 2.10. The Balaban J connectivity index is 2.98. The standard InChI is InChI=1S/C13H22N2O/c1-4-10-7-12(14)8-11(13(10)16)9-15(5-2)6-3/h7-8,16H,4-6,9,14H2,1-3H3. The fraction of sp³-hybridized carbons (Fsp3) is 0.538. The van der Waals surface area contributed by atoms with Crippen LogP contribution in [-0.4, -0.2) is 23.1 Å². The van der Waals surface area contributed by atoms with E-state index in [-0.39, 0.29) is 0 Å². The van der Waals surface area contributed by atoms with E-state index < -0.39 is 0 Å². The summed E-state index contributed by atoms with van der Waals surface area (Å²) in [4.78, 5) is 2.26. The lowest BCUT2D eigenvalue weighted by Gasteiger charge is -2.20. The summed E-state index contributed by atoms with van der Waals surface area (Å²) in [5.41, 5.74) is 8.43. The Hall–Kier alpha value is -1.22. The molecule has 0 radical (unpaired) electrons. The first-order valence-electron chi connectivity index (χ1n) is 5.94. The Bertz CT molecular complexity index is 346. The summed E-state index contributed by atoms with van der Waals surface area (Å²) in [5.74, 6) is 0.406.